The number of fused-ring (bicyclic) bond motifs is 5. The fourth-order valence-electron chi connectivity index (χ4n) is 7.84. The molecule has 8 atom stereocenters. The number of aliphatic hydroxyl groups excluding tert-OH is 1. The van der Waals surface area contributed by atoms with Crippen LogP contribution in [-0.2, 0) is 9.59 Å². The zero-order valence-electron chi connectivity index (χ0n) is 16.0. The van der Waals surface area contributed by atoms with Crippen LogP contribution in [0.15, 0.2) is 11.6 Å². The van der Waals surface area contributed by atoms with Gasteiger partial charge in [-0.05, 0) is 67.1 Å². The molecule has 0 bridgehead atoms. The van der Waals surface area contributed by atoms with Crippen LogP contribution >= 0.6 is 0 Å². The second-order valence-corrected chi connectivity index (χ2v) is 9.97. The quantitative estimate of drug-likeness (QED) is 0.733. The number of allylic oxidation sites excluding steroid dienone is 2. The van der Waals surface area contributed by atoms with Crippen LogP contribution in [-0.4, -0.2) is 22.8 Å². The van der Waals surface area contributed by atoms with Crippen molar-refractivity contribution in [1.29, 1.82) is 0 Å². The molecular weight excluding hydrogens is 312 g/mol. The highest BCUT2D eigenvalue weighted by Gasteiger charge is 2.63. The van der Waals surface area contributed by atoms with E-state index in [0.29, 0.717) is 42.2 Å². The van der Waals surface area contributed by atoms with Crippen molar-refractivity contribution in [3.05, 3.63) is 11.6 Å². The maximum atomic E-state index is 12.4. The Bertz CT molecular complexity index is 650. The molecule has 0 amide bonds. The van der Waals surface area contributed by atoms with Gasteiger partial charge in [-0.3, -0.25) is 9.59 Å². The van der Waals surface area contributed by atoms with Gasteiger partial charge in [0.2, 0.25) is 0 Å². The summed E-state index contributed by atoms with van der Waals surface area (Å²) in [6, 6.07) is 0. The van der Waals surface area contributed by atoms with Crippen LogP contribution < -0.4 is 0 Å². The molecule has 0 aliphatic heterocycles. The van der Waals surface area contributed by atoms with Gasteiger partial charge in [-0.15, -0.1) is 0 Å². The molecule has 3 saturated carbocycles. The number of ketones is 2. The van der Waals surface area contributed by atoms with E-state index >= 15 is 0 Å². The van der Waals surface area contributed by atoms with Crippen molar-refractivity contribution in [3.63, 3.8) is 0 Å². The molecule has 0 saturated heterocycles. The minimum Gasteiger partial charge on any atom is -0.393 e. The summed E-state index contributed by atoms with van der Waals surface area (Å²) in [5, 5.41) is 11.2. The Balaban J connectivity index is 1.75. The van der Waals surface area contributed by atoms with E-state index in [0.717, 1.165) is 25.7 Å². The number of carbonyl (C=O) groups excluding carboxylic acids is 2. The standard InChI is InChI=1S/C22H32O3/c1-12-9-17-16-6-5-14-10-15(24)7-8-21(14,3)20(16)18(25)11-22(17,4)19(12)13(2)23/h5,12,16-20,25H,6-11H2,1-4H3/t12?,16-,17-,18?,19+,20+,21-,22-/m0/s1. The summed E-state index contributed by atoms with van der Waals surface area (Å²) in [6.07, 6.45) is 6.89. The lowest BCUT2D eigenvalue weighted by atomic mass is 9.46. The fraction of sp³-hybridized carbons (Fsp3) is 0.818. The minimum atomic E-state index is -0.361. The van der Waals surface area contributed by atoms with E-state index < -0.39 is 0 Å². The first kappa shape index (κ1) is 17.5. The van der Waals surface area contributed by atoms with E-state index in [1.54, 1.807) is 6.92 Å². The third-order valence-corrected chi connectivity index (χ3v) is 8.65. The summed E-state index contributed by atoms with van der Waals surface area (Å²) in [5.41, 5.74) is 1.18. The second-order valence-electron chi connectivity index (χ2n) is 9.97. The molecule has 0 radical (unpaired) electrons. The largest absolute Gasteiger partial charge is 0.393 e. The molecule has 2 unspecified atom stereocenters. The lowest BCUT2D eigenvalue weighted by molar-refractivity contribution is -0.142. The highest BCUT2D eigenvalue weighted by molar-refractivity contribution is 5.83. The van der Waals surface area contributed by atoms with E-state index in [1.165, 1.54) is 5.57 Å². The smallest absolute Gasteiger partial charge is 0.136 e. The van der Waals surface area contributed by atoms with Crippen molar-refractivity contribution in [2.75, 3.05) is 0 Å². The van der Waals surface area contributed by atoms with Crippen molar-refractivity contribution in [2.24, 2.45) is 40.4 Å². The maximum absolute atomic E-state index is 12.4. The highest BCUT2D eigenvalue weighted by atomic mass is 16.3. The van der Waals surface area contributed by atoms with Gasteiger partial charge in [0.1, 0.15) is 11.6 Å². The topological polar surface area (TPSA) is 54.4 Å². The lowest BCUT2D eigenvalue weighted by Gasteiger charge is -2.59. The van der Waals surface area contributed by atoms with E-state index in [1.807, 2.05) is 0 Å². The minimum absolute atomic E-state index is 0.0326. The van der Waals surface area contributed by atoms with Crippen LogP contribution in [0.4, 0.5) is 0 Å². The van der Waals surface area contributed by atoms with Gasteiger partial charge in [-0.1, -0.05) is 32.4 Å². The highest BCUT2D eigenvalue weighted by Crippen LogP contribution is 2.67. The van der Waals surface area contributed by atoms with Gasteiger partial charge in [0.25, 0.3) is 0 Å². The Hall–Kier alpha value is -0.960. The number of aliphatic hydroxyl groups is 1. The molecule has 3 heteroatoms. The number of carbonyl (C=O) groups is 2. The molecule has 4 rings (SSSR count). The normalized spacial score (nSPS) is 52.0. The number of hydrogen-bond acceptors (Lipinski definition) is 3. The second kappa shape index (κ2) is 5.52. The molecule has 3 nitrogen and oxygen atoms in total. The van der Waals surface area contributed by atoms with Gasteiger partial charge >= 0.3 is 0 Å². The van der Waals surface area contributed by atoms with Gasteiger partial charge in [0.15, 0.2) is 0 Å². The molecule has 0 heterocycles. The number of rotatable bonds is 1. The van der Waals surface area contributed by atoms with Crippen LogP contribution in [0.25, 0.3) is 0 Å². The Morgan fingerprint density at radius 2 is 2.04 bits per heavy atom. The van der Waals surface area contributed by atoms with Crippen LogP contribution in [0.5, 0.6) is 0 Å². The van der Waals surface area contributed by atoms with Gasteiger partial charge < -0.3 is 5.11 Å². The third kappa shape index (κ3) is 2.27. The molecule has 138 valence electrons. The van der Waals surface area contributed by atoms with Crippen molar-refractivity contribution in [3.8, 4) is 0 Å². The van der Waals surface area contributed by atoms with Crippen molar-refractivity contribution >= 4 is 11.6 Å². The van der Waals surface area contributed by atoms with Gasteiger partial charge in [-0.25, -0.2) is 0 Å². The molecule has 0 spiro atoms. The van der Waals surface area contributed by atoms with Crippen molar-refractivity contribution < 1.29 is 14.7 Å². The predicted molar refractivity (Wildman–Crippen MR) is 96.8 cm³/mol. The molecule has 0 aromatic rings. The summed E-state index contributed by atoms with van der Waals surface area (Å²) in [6.45, 7) is 8.51. The molecule has 0 aromatic heterocycles. The zero-order valence-corrected chi connectivity index (χ0v) is 16.0. The maximum Gasteiger partial charge on any atom is 0.136 e. The summed E-state index contributed by atoms with van der Waals surface area (Å²) in [5.74, 6) is 2.34. The molecule has 0 aromatic carbocycles. The summed E-state index contributed by atoms with van der Waals surface area (Å²) < 4.78 is 0. The third-order valence-electron chi connectivity index (χ3n) is 8.65. The molecule has 1 N–H and O–H groups in total. The average molecular weight is 344 g/mol. The Labute approximate surface area is 151 Å². The van der Waals surface area contributed by atoms with Crippen LogP contribution in [0.1, 0.15) is 66.2 Å². The van der Waals surface area contributed by atoms with Gasteiger partial charge in [-0.2, -0.15) is 0 Å². The number of Topliss-reactive ketones (excluding diaryl/α,β-unsaturated/α-hetero) is 2. The van der Waals surface area contributed by atoms with Crippen LogP contribution in [0.2, 0.25) is 0 Å². The van der Waals surface area contributed by atoms with E-state index in [-0.39, 0.29) is 28.8 Å². The average Bonchev–Trinajstić information content (AvgIpc) is 2.77. The predicted octanol–water partition coefficient (Wildman–Crippen LogP) is 3.94. The van der Waals surface area contributed by atoms with E-state index in [4.69, 9.17) is 0 Å². The van der Waals surface area contributed by atoms with Crippen LogP contribution in [0.3, 0.4) is 0 Å². The Morgan fingerprint density at radius 1 is 1.32 bits per heavy atom. The van der Waals surface area contributed by atoms with Gasteiger partial charge in [0.05, 0.1) is 6.10 Å². The first-order valence-electron chi connectivity index (χ1n) is 10.1. The SMILES string of the molecule is CC(=O)[C@H]1C(C)C[C@H]2[C@@H]3CC=C4CC(=O)CC[C@]4(C)[C@H]3C(O)C[C@]12C. The molecule has 25 heavy (non-hydrogen) atoms. The first-order chi connectivity index (χ1) is 11.7. The summed E-state index contributed by atoms with van der Waals surface area (Å²) >= 11 is 0. The van der Waals surface area contributed by atoms with E-state index in [9.17, 15) is 14.7 Å². The Morgan fingerprint density at radius 3 is 2.72 bits per heavy atom. The van der Waals surface area contributed by atoms with Crippen LogP contribution in [0, 0.1) is 40.4 Å². The summed E-state index contributed by atoms with van der Waals surface area (Å²) in [4.78, 5) is 24.3. The fourth-order valence-corrected chi connectivity index (χ4v) is 7.84. The number of hydrogen-bond donors (Lipinski definition) is 1. The van der Waals surface area contributed by atoms with Gasteiger partial charge in [0, 0.05) is 18.8 Å². The Kier molecular flexibility index (Phi) is 3.85. The monoisotopic (exact) mass is 344 g/mol. The zero-order chi connectivity index (χ0) is 18.1. The molecule has 4 aliphatic carbocycles. The molecule has 3 fully saturated rings. The lowest BCUT2D eigenvalue weighted by Crippen LogP contribution is -2.56. The van der Waals surface area contributed by atoms with Crippen molar-refractivity contribution in [2.45, 2.75) is 72.3 Å². The molecule has 4 aliphatic rings. The van der Waals surface area contributed by atoms with E-state index in [2.05, 4.69) is 26.8 Å². The van der Waals surface area contributed by atoms with Crippen molar-refractivity contribution in [1.82, 2.24) is 0 Å². The first-order valence-corrected chi connectivity index (χ1v) is 10.1. The summed E-state index contributed by atoms with van der Waals surface area (Å²) in [7, 11) is 0. The molecular formula is C22H32O3.